The molecule has 0 saturated carbocycles. The van der Waals surface area contributed by atoms with Gasteiger partial charge in [0.05, 0.1) is 0 Å². The average Bonchev–Trinajstić information content (AvgIpc) is 2.46. The summed E-state index contributed by atoms with van der Waals surface area (Å²) in [5.41, 5.74) is 3.25. The van der Waals surface area contributed by atoms with Crippen LogP contribution in [-0.4, -0.2) is 6.61 Å². The summed E-state index contributed by atoms with van der Waals surface area (Å²) >= 11 is 0. The van der Waals surface area contributed by atoms with E-state index in [1.54, 1.807) is 6.08 Å². The van der Waals surface area contributed by atoms with Gasteiger partial charge >= 0.3 is 0 Å². The Labute approximate surface area is 114 Å². The standard InChI is InChI=1S/C18H16O/c1-3-14-19-18-12-10-17(11-13-18)9-8-16-6-4-15(2)5-7-16/h3-7,10-13H,1,14H2,2H3. The molecule has 0 saturated heterocycles. The molecule has 0 aliphatic carbocycles. The largest absolute Gasteiger partial charge is 0.490 e. The van der Waals surface area contributed by atoms with Crippen LogP contribution in [0.1, 0.15) is 16.7 Å². The summed E-state index contributed by atoms with van der Waals surface area (Å²) in [6.45, 7) is 6.21. The number of hydrogen-bond acceptors (Lipinski definition) is 1. The molecular formula is C18H16O. The quantitative estimate of drug-likeness (QED) is 0.590. The topological polar surface area (TPSA) is 9.23 Å². The van der Waals surface area contributed by atoms with Gasteiger partial charge in [0.25, 0.3) is 0 Å². The van der Waals surface area contributed by atoms with Crippen LogP contribution in [0.3, 0.4) is 0 Å². The molecule has 1 nitrogen and oxygen atoms in total. The molecule has 0 amide bonds. The first-order valence-corrected chi connectivity index (χ1v) is 6.20. The van der Waals surface area contributed by atoms with Crippen molar-refractivity contribution >= 4 is 0 Å². The maximum atomic E-state index is 5.42. The molecule has 0 N–H and O–H groups in total. The van der Waals surface area contributed by atoms with Crippen molar-refractivity contribution in [3.05, 3.63) is 77.9 Å². The first-order valence-electron chi connectivity index (χ1n) is 6.20. The highest BCUT2D eigenvalue weighted by atomic mass is 16.5. The van der Waals surface area contributed by atoms with Crippen molar-refractivity contribution in [1.29, 1.82) is 0 Å². The van der Waals surface area contributed by atoms with Gasteiger partial charge in [-0.1, -0.05) is 42.2 Å². The summed E-state index contributed by atoms with van der Waals surface area (Å²) in [5.74, 6) is 7.12. The van der Waals surface area contributed by atoms with E-state index in [9.17, 15) is 0 Å². The fraction of sp³-hybridized carbons (Fsp3) is 0.111. The highest BCUT2D eigenvalue weighted by Gasteiger charge is 1.92. The maximum Gasteiger partial charge on any atom is 0.119 e. The molecule has 2 aromatic carbocycles. The molecule has 0 radical (unpaired) electrons. The predicted octanol–water partition coefficient (Wildman–Crippen LogP) is 3.96. The number of benzene rings is 2. The normalized spacial score (nSPS) is 9.32. The minimum Gasteiger partial charge on any atom is -0.490 e. The van der Waals surface area contributed by atoms with Crippen molar-refractivity contribution in [2.75, 3.05) is 6.61 Å². The van der Waals surface area contributed by atoms with E-state index in [-0.39, 0.29) is 0 Å². The molecular weight excluding hydrogens is 232 g/mol. The maximum absolute atomic E-state index is 5.42. The molecule has 2 rings (SSSR count). The second-order valence-electron chi connectivity index (χ2n) is 4.24. The monoisotopic (exact) mass is 248 g/mol. The Morgan fingerprint density at radius 2 is 1.47 bits per heavy atom. The second-order valence-corrected chi connectivity index (χ2v) is 4.24. The van der Waals surface area contributed by atoms with Crippen molar-refractivity contribution in [2.24, 2.45) is 0 Å². The number of aryl methyl sites for hydroxylation is 1. The molecule has 2 aromatic rings. The third-order valence-corrected chi connectivity index (χ3v) is 2.62. The Balaban J connectivity index is 2.07. The molecule has 0 bridgehead atoms. The second kappa shape index (κ2) is 6.47. The van der Waals surface area contributed by atoms with Crippen LogP contribution in [0.4, 0.5) is 0 Å². The number of ether oxygens (including phenoxy) is 1. The Bertz CT molecular complexity index is 595. The van der Waals surface area contributed by atoms with Crippen molar-refractivity contribution in [3.8, 4) is 17.6 Å². The van der Waals surface area contributed by atoms with Crippen LogP contribution in [0.15, 0.2) is 61.2 Å². The fourth-order valence-corrected chi connectivity index (χ4v) is 1.57. The van der Waals surface area contributed by atoms with Gasteiger partial charge in [0, 0.05) is 11.1 Å². The molecule has 94 valence electrons. The summed E-state index contributed by atoms with van der Waals surface area (Å²) in [5, 5.41) is 0. The molecule has 19 heavy (non-hydrogen) atoms. The van der Waals surface area contributed by atoms with E-state index < -0.39 is 0 Å². The number of hydrogen-bond donors (Lipinski definition) is 0. The van der Waals surface area contributed by atoms with Crippen molar-refractivity contribution in [1.82, 2.24) is 0 Å². The summed E-state index contributed by atoms with van der Waals surface area (Å²) in [4.78, 5) is 0. The predicted molar refractivity (Wildman–Crippen MR) is 79.3 cm³/mol. The van der Waals surface area contributed by atoms with Crippen LogP contribution in [-0.2, 0) is 0 Å². The van der Waals surface area contributed by atoms with Crippen LogP contribution in [0.25, 0.3) is 0 Å². The summed E-state index contributed by atoms with van der Waals surface area (Å²) < 4.78 is 5.42. The van der Waals surface area contributed by atoms with Gasteiger partial charge in [0.15, 0.2) is 0 Å². The van der Waals surface area contributed by atoms with Gasteiger partial charge < -0.3 is 4.74 Å². The van der Waals surface area contributed by atoms with Gasteiger partial charge in [-0.15, -0.1) is 0 Å². The van der Waals surface area contributed by atoms with E-state index in [2.05, 4.69) is 37.5 Å². The van der Waals surface area contributed by atoms with Crippen molar-refractivity contribution in [2.45, 2.75) is 6.92 Å². The Morgan fingerprint density at radius 3 is 2.00 bits per heavy atom. The van der Waals surface area contributed by atoms with Gasteiger partial charge in [-0.2, -0.15) is 0 Å². The Kier molecular flexibility index (Phi) is 4.42. The van der Waals surface area contributed by atoms with Crippen LogP contribution >= 0.6 is 0 Å². The minimum atomic E-state index is 0.522. The van der Waals surface area contributed by atoms with Crippen LogP contribution in [0, 0.1) is 18.8 Å². The van der Waals surface area contributed by atoms with E-state index >= 15 is 0 Å². The van der Waals surface area contributed by atoms with Crippen LogP contribution < -0.4 is 4.74 Å². The van der Waals surface area contributed by atoms with Gasteiger partial charge in [-0.25, -0.2) is 0 Å². The Hall–Kier alpha value is -2.46. The summed E-state index contributed by atoms with van der Waals surface area (Å²) in [7, 11) is 0. The van der Waals surface area contributed by atoms with Crippen LogP contribution in [0.2, 0.25) is 0 Å². The zero-order valence-corrected chi connectivity index (χ0v) is 11.0. The van der Waals surface area contributed by atoms with Gasteiger partial charge in [-0.05, 0) is 43.3 Å². The minimum absolute atomic E-state index is 0.522. The molecule has 0 aliphatic rings. The third-order valence-electron chi connectivity index (χ3n) is 2.62. The van der Waals surface area contributed by atoms with Crippen molar-refractivity contribution < 1.29 is 4.74 Å². The van der Waals surface area contributed by atoms with Gasteiger partial charge in [0.1, 0.15) is 12.4 Å². The molecule has 0 aromatic heterocycles. The van der Waals surface area contributed by atoms with E-state index in [1.165, 1.54) is 5.56 Å². The van der Waals surface area contributed by atoms with Gasteiger partial charge in [0.2, 0.25) is 0 Å². The molecule has 0 aliphatic heterocycles. The lowest BCUT2D eigenvalue weighted by Crippen LogP contribution is -1.92. The molecule has 0 unspecified atom stereocenters. The zero-order chi connectivity index (χ0) is 13.5. The highest BCUT2D eigenvalue weighted by molar-refractivity contribution is 5.44. The lowest BCUT2D eigenvalue weighted by Gasteiger charge is -2.01. The molecule has 0 heterocycles. The molecule has 0 atom stereocenters. The first kappa shape index (κ1) is 13.0. The third kappa shape index (κ3) is 4.04. The molecule has 0 spiro atoms. The van der Waals surface area contributed by atoms with Crippen molar-refractivity contribution in [3.63, 3.8) is 0 Å². The molecule has 1 heteroatoms. The smallest absolute Gasteiger partial charge is 0.119 e. The number of rotatable bonds is 3. The van der Waals surface area contributed by atoms with E-state index in [4.69, 9.17) is 4.74 Å². The first-order chi connectivity index (χ1) is 9.28. The fourth-order valence-electron chi connectivity index (χ4n) is 1.57. The lowest BCUT2D eigenvalue weighted by atomic mass is 10.1. The van der Waals surface area contributed by atoms with Crippen LogP contribution in [0.5, 0.6) is 5.75 Å². The Morgan fingerprint density at radius 1 is 0.947 bits per heavy atom. The van der Waals surface area contributed by atoms with E-state index in [1.807, 2.05) is 36.4 Å². The molecule has 0 fully saturated rings. The SMILES string of the molecule is C=CCOc1ccc(C#Cc2ccc(C)cc2)cc1. The highest BCUT2D eigenvalue weighted by Crippen LogP contribution is 2.11. The van der Waals surface area contributed by atoms with E-state index in [0.29, 0.717) is 6.61 Å². The zero-order valence-electron chi connectivity index (χ0n) is 11.0. The summed E-state index contributed by atoms with van der Waals surface area (Å²) in [6.07, 6.45) is 1.73. The average molecular weight is 248 g/mol. The summed E-state index contributed by atoms with van der Waals surface area (Å²) in [6, 6.07) is 15.9. The lowest BCUT2D eigenvalue weighted by molar-refractivity contribution is 0.363. The van der Waals surface area contributed by atoms with E-state index in [0.717, 1.165) is 16.9 Å². The van der Waals surface area contributed by atoms with Gasteiger partial charge in [-0.3, -0.25) is 0 Å².